The fourth-order valence-electron chi connectivity index (χ4n) is 4.59. The van der Waals surface area contributed by atoms with Crippen molar-refractivity contribution < 1.29 is 4.74 Å². The van der Waals surface area contributed by atoms with Gasteiger partial charge in [0.25, 0.3) is 0 Å². The van der Waals surface area contributed by atoms with Crippen LogP contribution >= 0.6 is 0 Å². The van der Waals surface area contributed by atoms with Crippen LogP contribution in [0, 0.1) is 12.3 Å². The number of rotatable bonds is 6. The summed E-state index contributed by atoms with van der Waals surface area (Å²) in [5, 5.41) is 15.4. The Morgan fingerprint density at radius 3 is 2.58 bits per heavy atom. The molecule has 0 amide bonds. The summed E-state index contributed by atoms with van der Waals surface area (Å²) in [6.45, 7) is 3.92. The molecule has 0 saturated carbocycles. The Labute approximate surface area is 192 Å². The highest BCUT2D eigenvalue weighted by Gasteiger charge is 2.33. The highest BCUT2D eigenvalue weighted by molar-refractivity contribution is 5.86. The molecule has 1 aromatic heterocycles. The van der Waals surface area contributed by atoms with E-state index in [1.807, 2.05) is 36.4 Å². The molecule has 5 rings (SSSR count). The summed E-state index contributed by atoms with van der Waals surface area (Å²) in [5.41, 5.74) is 4.52. The van der Waals surface area contributed by atoms with E-state index in [1.165, 1.54) is 11.8 Å². The molecule has 0 spiro atoms. The smallest absolute Gasteiger partial charge is 0.209 e. The number of ether oxygens (including phenoxy) is 1. The van der Waals surface area contributed by atoms with Gasteiger partial charge in [0.05, 0.1) is 23.6 Å². The van der Waals surface area contributed by atoms with Gasteiger partial charge >= 0.3 is 0 Å². The summed E-state index contributed by atoms with van der Waals surface area (Å²) >= 11 is 0. The predicted molar refractivity (Wildman–Crippen MR) is 132 cm³/mol. The molecule has 2 unspecified atom stereocenters. The molecule has 7 nitrogen and oxygen atoms in total. The molecule has 3 heterocycles. The summed E-state index contributed by atoms with van der Waals surface area (Å²) in [6.07, 6.45) is 7.35. The second kappa shape index (κ2) is 9.03. The highest BCUT2D eigenvalue weighted by Crippen LogP contribution is 2.31. The molecule has 2 atom stereocenters. The Kier molecular flexibility index (Phi) is 5.79. The number of allylic oxidation sites excluding steroid dienone is 1. The number of aromatic nitrogens is 2. The summed E-state index contributed by atoms with van der Waals surface area (Å²) in [7, 11) is 0. The lowest BCUT2D eigenvalue weighted by Gasteiger charge is -2.34. The first-order valence-corrected chi connectivity index (χ1v) is 11.3. The van der Waals surface area contributed by atoms with Crippen molar-refractivity contribution in [1.82, 2.24) is 9.78 Å². The van der Waals surface area contributed by atoms with E-state index >= 15 is 0 Å². The van der Waals surface area contributed by atoms with Crippen LogP contribution in [-0.4, -0.2) is 41.3 Å². The van der Waals surface area contributed by atoms with Crippen molar-refractivity contribution in [3.8, 4) is 5.69 Å². The number of para-hydroxylation sites is 1. The van der Waals surface area contributed by atoms with Crippen LogP contribution in [0.15, 0.2) is 71.7 Å². The zero-order chi connectivity index (χ0) is 22.8. The lowest BCUT2D eigenvalue weighted by Crippen LogP contribution is -2.42. The van der Waals surface area contributed by atoms with Gasteiger partial charge in [-0.25, -0.2) is 4.68 Å². The third kappa shape index (κ3) is 4.45. The lowest BCUT2D eigenvalue weighted by molar-refractivity contribution is 0.0305. The van der Waals surface area contributed by atoms with Crippen molar-refractivity contribution in [1.29, 1.82) is 5.41 Å². The van der Waals surface area contributed by atoms with Gasteiger partial charge in [0, 0.05) is 42.9 Å². The van der Waals surface area contributed by atoms with Gasteiger partial charge in [-0.1, -0.05) is 18.2 Å². The van der Waals surface area contributed by atoms with Gasteiger partial charge in [-0.05, 0) is 61.7 Å². The molecule has 3 aromatic rings. The number of fused-ring (bicyclic) bond motifs is 2. The number of anilines is 2. The fraction of sp³-hybridized carbons (Fsp3) is 0.269. The summed E-state index contributed by atoms with van der Waals surface area (Å²) < 4.78 is 7.69. The number of benzene rings is 2. The minimum absolute atomic E-state index is 0.208. The minimum Gasteiger partial charge on any atom is -0.371 e. The monoisotopic (exact) mass is 441 g/mol. The SMILES string of the molecule is Cc1cc(N2CC3CCC(C2)O3)ccc1-n1ccc(=O)c(/C(=C/C=N)Nc2ccccc2)n1. The van der Waals surface area contributed by atoms with E-state index < -0.39 is 0 Å². The molecule has 2 N–H and O–H groups in total. The van der Waals surface area contributed by atoms with E-state index in [2.05, 4.69) is 34.4 Å². The van der Waals surface area contributed by atoms with E-state index in [1.54, 1.807) is 17.0 Å². The van der Waals surface area contributed by atoms with Crippen molar-refractivity contribution in [3.05, 3.63) is 88.4 Å². The van der Waals surface area contributed by atoms with Crippen LogP contribution in [0.5, 0.6) is 0 Å². The largest absolute Gasteiger partial charge is 0.371 e. The van der Waals surface area contributed by atoms with Gasteiger partial charge in [0.2, 0.25) is 5.43 Å². The molecular formula is C26H27N5O2. The maximum absolute atomic E-state index is 12.7. The second-order valence-corrected chi connectivity index (χ2v) is 8.54. The van der Waals surface area contributed by atoms with Crippen molar-refractivity contribution in [2.24, 2.45) is 0 Å². The lowest BCUT2D eigenvalue weighted by atomic mass is 10.1. The Bertz CT molecular complexity index is 1240. The topological polar surface area (TPSA) is 83.2 Å². The third-order valence-electron chi connectivity index (χ3n) is 6.20. The normalized spacial score (nSPS) is 20.0. The molecule has 0 radical (unpaired) electrons. The average molecular weight is 442 g/mol. The van der Waals surface area contributed by atoms with Crippen LogP contribution in [0.25, 0.3) is 11.4 Å². The van der Waals surface area contributed by atoms with Crippen LogP contribution in [0.3, 0.4) is 0 Å². The van der Waals surface area contributed by atoms with E-state index in [0.717, 1.165) is 49.1 Å². The summed E-state index contributed by atoms with van der Waals surface area (Å²) in [6, 6.07) is 17.4. The predicted octanol–water partition coefficient (Wildman–Crippen LogP) is 4.01. The van der Waals surface area contributed by atoms with Crippen LogP contribution in [0.4, 0.5) is 11.4 Å². The summed E-state index contributed by atoms with van der Waals surface area (Å²) in [4.78, 5) is 15.1. The van der Waals surface area contributed by atoms with Gasteiger partial charge < -0.3 is 20.4 Å². The molecule has 2 aliphatic rings. The molecule has 0 aliphatic carbocycles. The molecule has 2 bridgehead atoms. The first kappa shape index (κ1) is 21.2. The first-order chi connectivity index (χ1) is 16.1. The molecular weight excluding hydrogens is 414 g/mol. The molecule has 33 heavy (non-hydrogen) atoms. The summed E-state index contributed by atoms with van der Waals surface area (Å²) in [5.74, 6) is 0. The van der Waals surface area contributed by atoms with Crippen molar-refractivity contribution in [3.63, 3.8) is 0 Å². The Balaban J connectivity index is 1.45. The van der Waals surface area contributed by atoms with E-state index in [-0.39, 0.29) is 11.1 Å². The zero-order valence-corrected chi connectivity index (χ0v) is 18.6. The number of morpholine rings is 1. The average Bonchev–Trinajstić information content (AvgIpc) is 3.17. The quantitative estimate of drug-likeness (QED) is 0.565. The molecule has 2 fully saturated rings. The van der Waals surface area contributed by atoms with Crippen LogP contribution in [0.1, 0.15) is 24.1 Å². The maximum Gasteiger partial charge on any atom is 0.209 e. The second-order valence-electron chi connectivity index (χ2n) is 8.54. The zero-order valence-electron chi connectivity index (χ0n) is 18.6. The minimum atomic E-state index is -0.208. The first-order valence-electron chi connectivity index (χ1n) is 11.3. The number of nitrogens with zero attached hydrogens (tertiary/aromatic N) is 3. The highest BCUT2D eigenvalue weighted by atomic mass is 16.5. The van der Waals surface area contributed by atoms with Crippen molar-refractivity contribution >= 4 is 23.3 Å². The Hall–Kier alpha value is -3.71. The number of nitrogens with one attached hydrogen (secondary N) is 2. The molecule has 2 aliphatic heterocycles. The van der Waals surface area contributed by atoms with Crippen LogP contribution in [0.2, 0.25) is 0 Å². The van der Waals surface area contributed by atoms with Gasteiger partial charge in [-0.15, -0.1) is 0 Å². The van der Waals surface area contributed by atoms with E-state index in [9.17, 15) is 4.79 Å². The Morgan fingerprint density at radius 2 is 1.88 bits per heavy atom. The van der Waals surface area contributed by atoms with Gasteiger partial charge in [-0.3, -0.25) is 4.79 Å². The van der Waals surface area contributed by atoms with E-state index in [0.29, 0.717) is 17.9 Å². The maximum atomic E-state index is 12.7. The number of hydrogen-bond donors (Lipinski definition) is 2. The fourth-order valence-corrected chi connectivity index (χ4v) is 4.59. The molecule has 2 saturated heterocycles. The standard InChI is InChI=1S/C26H27N5O2/c1-18-15-20(30-16-21-8-9-22(17-30)33-21)7-10-24(18)31-14-12-25(32)26(29-31)23(11-13-27)28-19-5-3-2-4-6-19/h2-7,10-15,21-22,27-28H,8-9,16-17H2,1H3/b23-11-,27-13?. The molecule has 7 heteroatoms. The van der Waals surface area contributed by atoms with Crippen molar-refractivity contribution in [2.45, 2.75) is 32.0 Å². The van der Waals surface area contributed by atoms with Crippen LogP contribution < -0.4 is 15.6 Å². The van der Waals surface area contributed by atoms with Crippen molar-refractivity contribution in [2.75, 3.05) is 23.3 Å². The van der Waals surface area contributed by atoms with Gasteiger partial charge in [0.15, 0.2) is 5.69 Å². The number of aryl methyl sites for hydroxylation is 1. The van der Waals surface area contributed by atoms with Crippen LogP contribution in [-0.2, 0) is 4.74 Å². The van der Waals surface area contributed by atoms with E-state index in [4.69, 9.17) is 10.1 Å². The number of hydrogen-bond acceptors (Lipinski definition) is 6. The van der Waals surface area contributed by atoms with Gasteiger partial charge in [0.1, 0.15) is 0 Å². The van der Waals surface area contributed by atoms with Gasteiger partial charge in [-0.2, -0.15) is 5.10 Å². The Morgan fingerprint density at radius 1 is 1.12 bits per heavy atom. The third-order valence-corrected chi connectivity index (χ3v) is 6.20. The molecule has 2 aromatic carbocycles. The molecule has 168 valence electrons.